The number of amides is 2. The van der Waals surface area contributed by atoms with Crippen LogP contribution in [0, 0.1) is 0 Å². The van der Waals surface area contributed by atoms with Gasteiger partial charge in [0.1, 0.15) is 6.04 Å². The van der Waals surface area contributed by atoms with Crippen LogP contribution in [0.5, 0.6) is 0 Å². The first-order valence-corrected chi connectivity index (χ1v) is 14.3. The first kappa shape index (κ1) is 34.6. The van der Waals surface area contributed by atoms with Crippen molar-refractivity contribution in [3.63, 3.8) is 0 Å². The van der Waals surface area contributed by atoms with Gasteiger partial charge < -0.3 is 33.0 Å². The molecule has 10 heteroatoms. The molecule has 0 fully saturated rings. The van der Waals surface area contributed by atoms with Crippen molar-refractivity contribution in [2.45, 2.75) is 135 Å². The monoisotopic (exact) mass is 526 g/mol. The Morgan fingerprint density at radius 1 is 0.757 bits per heavy atom. The molecule has 0 heterocycles. The predicted octanol–water partition coefficient (Wildman–Crippen LogP) is 3.14. The summed E-state index contributed by atoms with van der Waals surface area (Å²) < 4.78 is 5.36. The largest absolute Gasteiger partial charge is 0.464 e. The molecule has 0 bridgehead atoms. The van der Waals surface area contributed by atoms with E-state index in [0.717, 1.165) is 19.3 Å². The minimum absolute atomic E-state index is 0.0221. The second kappa shape index (κ2) is 24.0. The molecule has 216 valence electrons. The van der Waals surface area contributed by atoms with Crippen molar-refractivity contribution in [2.75, 3.05) is 13.2 Å². The molecule has 0 saturated carbocycles. The maximum atomic E-state index is 12.5. The smallest absolute Gasteiger partial charge is 0.328 e. The van der Waals surface area contributed by atoms with Gasteiger partial charge in [0.25, 0.3) is 0 Å². The molecule has 2 atom stereocenters. The number of esters is 1. The lowest BCUT2D eigenvalue weighted by molar-refractivity contribution is -0.148. The molecule has 10 nitrogen and oxygen atoms in total. The highest BCUT2D eigenvalue weighted by atomic mass is 16.5. The van der Waals surface area contributed by atoms with E-state index in [1.54, 1.807) is 0 Å². The molecule has 0 aliphatic rings. The summed E-state index contributed by atoms with van der Waals surface area (Å²) in [7, 11) is 0. The van der Waals surface area contributed by atoms with Gasteiger partial charge in [-0.25, -0.2) is 4.79 Å². The van der Waals surface area contributed by atoms with Crippen LogP contribution in [-0.4, -0.2) is 49.0 Å². The number of rotatable bonds is 25. The summed E-state index contributed by atoms with van der Waals surface area (Å²) in [6, 6.07) is -1.79. The first-order valence-electron chi connectivity index (χ1n) is 14.3. The Morgan fingerprint density at radius 2 is 1.27 bits per heavy atom. The van der Waals surface area contributed by atoms with Crippen molar-refractivity contribution in [1.29, 1.82) is 0 Å². The lowest BCUT2D eigenvalue weighted by atomic mass is 10.0. The van der Waals surface area contributed by atoms with Crippen LogP contribution >= 0.6 is 0 Å². The molecule has 0 aliphatic heterocycles. The van der Waals surface area contributed by atoms with Crippen molar-refractivity contribution >= 4 is 23.7 Å². The quantitative estimate of drug-likeness (QED) is 0.0522. The van der Waals surface area contributed by atoms with Gasteiger partial charge in [0, 0.05) is 13.0 Å². The second-order valence-electron chi connectivity index (χ2n) is 9.89. The third-order valence-corrected chi connectivity index (χ3v) is 6.33. The number of hydrogen-bond acceptors (Lipinski definition) is 6. The van der Waals surface area contributed by atoms with Gasteiger partial charge in [-0.05, 0) is 25.7 Å². The molecule has 0 unspecified atom stereocenters. The zero-order valence-corrected chi connectivity index (χ0v) is 23.2. The zero-order valence-electron chi connectivity index (χ0n) is 23.2. The minimum atomic E-state index is -0.963. The first-order chi connectivity index (χ1) is 17.8. The molecule has 0 aliphatic carbocycles. The average Bonchev–Trinajstić information content (AvgIpc) is 2.85. The van der Waals surface area contributed by atoms with Crippen molar-refractivity contribution in [2.24, 2.45) is 27.9 Å². The number of aliphatic imine (C=N–C) groups is 1. The number of nitrogens with one attached hydrogen (secondary N) is 1. The summed E-state index contributed by atoms with van der Waals surface area (Å²) in [4.78, 5) is 39.9. The van der Waals surface area contributed by atoms with Crippen LogP contribution in [0.15, 0.2) is 4.99 Å². The Morgan fingerprint density at radius 3 is 1.76 bits per heavy atom. The highest BCUT2D eigenvalue weighted by Gasteiger charge is 2.25. The van der Waals surface area contributed by atoms with E-state index in [0.29, 0.717) is 19.4 Å². The predicted molar refractivity (Wildman–Crippen MR) is 150 cm³/mol. The summed E-state index contributed by atoms with van der Waals surface area (Å²) in [5, 5.41) is 2.59. The van der Waals surface area contributed by atoms with Crippen LogP contribution in [0.3, 0.4) is 0 Å². The zero-order chi connectivity index (χ0) is 27.7. The van der Waals surface area contributed by atoms with Gasteiger partial charge in [-0.1, -0.05) is 90.4 Å². The molecule has 0 spiro atoms. The number of carbonyl (C=O) groups is 3. The highest BCUT2D eigenvalue weighted by Crippen LogP contribution is 2.13. The highest BCUT2D eigenvalue weighted by molar-refractivity contribution is 5.87. The van der Waals surface area contributed by atoms with Gasteiger partial charge in [0.05, 0.1) is 12.6 Å². The number of unbranched alkanes of at least 4 members (excludes halogenated alkanes) is 13. The standard InChI is InChI=1S/C27H54N6O4/c1-2-3-4-5-6-7-8-9-10-11-12-13-14-15-21-37-26(36)23(18-19-24(29)34)33-25(35)22(28)17-16-20-32-27(30)31/h22-23H,2-21,28H2,1H3,(H2,29,34)(H,33,35)(H4,30,31,32)/t22-,23-/m0/s1. The van der Waals surface area contributed by atoms with E-state index in [-0.39, 0.29) is 25.4 Å². The molecule has 0 radical (unpaired) electrons. The molecule has 0 aromatic rings. The number of primary amides is 1. The van der Waals surface area contributed by atoms with E-state index in [9.17, 15) is 14.4 Å². The number of nitrogens with two attached hydrogens (primary N) is 4. The van der Waals surface area contributed by atoms with Crippen LogP contribution in [0.1, 0.15) is 122 Å². The molecule has 0 aromatic heterocycles. The Bertz CT molecular complexity index is 640. The van der Waals surface area contributed by atoms with Gasteiger partial charge >= 0.3 is 5.97 Å². The molecule has 0 rings (SSSR count). The van der Waals surface area contributed by atoms with E-state index in [1.165, 1.54) is 70.6 Å². The molecular formula is C27H54N6O4. The summed E-state index contributed by atoms with van der Waals surface area (Å²) in [5.74, 6) is -1.64. The normalized spacial score (nSPS) is 12.5. The summed E-state index contributed by atoms with van der Waals surface area (Å²) in [5.41, 5.74) is 21.7. The third-order valence-electron chi connectivity index (χ3n) is 6.33. The van der Waals surface area contributed by atoms with Crippen molar-refractivity contribution in [3.05, 3.63) is 0 Å². The van der Waals surface area contributed by atoms with E-state index in [4.69, 9.17) is 27.7 Å². The maximum Gasteiger partial charge on any atom is 0.328 e. The van der Waals surface area contributed by atoms with Crippen molar-refractivity contribution in [3.8, 4) is 0 Å². The van der Waals surface area contributed by atoms with Crippen LogP contribution in [0.4, 0.5) is 0 Å². The van der Waals surface area contributed by atoms with Gasteiger partial charge in [-0.15, -0.1) is 0 Å². The lowest BCUT2D eigenvalue weighted by Crippen LogP contribution is -2.49. The number of guanidine groups is 1. The minimum Gasteiger partial charge on any atom is -0.464 e. The van der Waals surface area contributed by atoms with Crippen LogP contribution in [0.25, 0.3) is 0 Å². The Balaban J connectivity index is 4.04. The van der Waals surface area contributed by atoms with Crippen LogP contribution in [-0.2, 0) is 19.1 Å². The topological polar surface area (TPSA) is 189 Å². The van der Waals surface area contributed by atoms with Gasteiger partial charge in [-0.2, -0.15) is 0 Å². The van der Waals surface area contributed by atoms with Crippen LogP contribution in [0.2, 0.25) is 0 Å². The summed E-state index contributed by atoms with van der Waals surface area (Å²) in [6.07, 6.45) is 18.3. The lowest BCUT2D eigenvalue weighted by Gasteiger charge is -2.19. The van der Waals surface area contributed by atoms with Gasteiger partial charge in [0.15, 0.2) is 5.96 Å². The van der Waals surface area contributed by atoms with Crippen LogP contribution < -0.4 is 28.3 Å². The number of carbonyl (C=O) groups excluding carboxylic acids is 3. The fourth-order valence-corrected chi connectivity index (χ4v) is 4.03. The van der Waals surface area contributed by atoms with E-state index >= 15 is 0 Å². The molecule has 37 heavy (non-hydrogen) atoms. The fourth-order valence-electron chi connectivity index (χ4n) is 4.03. The van der Waals surface area contributed by atoms with Crippen molar-refractivity contribution in [1.82, 2.24) is 5.32 Å². The fraction of sp³-hybridized carbons (Fsp3) is 0.852. The Hall–Kier alpha value is -2.36. The third kappa shape index (κ3) is 22.6. The summed E-state index contributed by atoms with van der Waals surface area (Å²) >= 11 is 0. The molecule has 2 amide bonds. The molecule has 0 saturated heterocycles. The molecular weight excluding hydrogens is 472 g/mol. The average molecular weight is 527 g/mol. The second-order valence-corrected chi connectivity index (χ2v) is 9.89. The van der Waals surface area contributed by atoms with E-state index in [1.807, 2.05) is 0 Å². The molecule has 0 aromatic carbocycles. The van der Waals surface area contributed by atoms with Crippen molar-refractivity contribution < 1.29 is 19.1 Å². The Kier molecular flexibility index (Phi) is 22.5. The number of ether oxygens (including phenoxy) is 1. The van der Waals surface area contributed by atoms with Gasteiger partial charge in [0.2, 0.25) is 11.8 Å². The van der Waals surface area contributed by atoms with E-state index in [2.05, 4.69) is 17.2 Å². The SMILES string of the molecule is CCCCCCCCCCCCCCCCOC(=O)[C@H](CCC(N)=O)NC(=O)[C@@H](N)CCCN=C(N)N. The summed E-state index contributed by atoms with van der Waals surface area (Å²) in [6.45, 7) is 2.89. The maximum absolute atomic E-state index is 12.5. The van der Waals surface area contributed by atoms with Gasteiger partial charge in [-0.3, -0.25) is 14.6 Å². The Labute approximate surface area is 224 Å². The van der Waals surface area contributed by atoms with E-state index < -0.39 is 29.9 Å². The number of hydrogen-bond donors (Lipinski definition) is 5. The number of nitrogens with zero attached hydrogens (tertiary/aromatic N) is 1. The molecule has 9 N–H and O–H groups in total.